The van der Waals surface area contributed by atoms with Gasteiger partial charge in [0.05, 0.1) is 10.2 Å². The van der Waals surface area contributed by atoms with Crippen molar-refractivity contribution in [2.75, 3.05) is 6.54 Å². The normalized spacial score (nSPS) is 10.9. The Morgan fingerprint density at radius 3 is 2.84 bits per heavy atom. The minimum absolute atomic E-state index is 0.00385. The van der Waals surface area contributed by atoms with Crippen LogP contribution in [0.15, 0.2) is 24.3 Å². The quantitative estimate of drug-likeness (QED) is 0.830. The van der Waals surface area contributed by atoms with E-state index >= 15 is 0 Å². The molecule has 0 fully saturated rings. The van der Waals surface area contributed by atoms with Crippen LogP contribution in [0.2, 0.25) is 0 Å². The lowest BCUT2D eigenvalue weighted by atomic mass is 10.3. The molecule has 0 aromatic carbocycles. The molecule has 2 aromatic rings. The Morgan fingerprint density at radius 2 is 2.21 bits per heavy atom. The third-order valence-electron chi connectivity index (χ3n) is 2.91. The molecule has 0 aliphatic heterocycles. The summed E-state index contributed by atoms with van der Waals surface area (Å²) >= 11 is 1.72. The van der Waals surface area contributed by atoms with Gasteiger partial charge in [0.1, 0.15) is 5.69 Å². The molecule has 3 nitrogen and oxygen atoms in total. The standard InChI is InChI=1S/C15H20N2OS/c1-5-6-16-15(18)13-8-14-12(7-11(4)19-14)17(13)9-10(2)3/h7-8H,2,5-6,9H2,1,3-4H3,(H,16,18). The molecule has 0 spiro atoms. The van der Waals surface area contributed by atoms with E-state index in [-0.39, 0.29) is 5.91 Å². The SMILES string of the molecule is C=C(C)Cn1c(C(=O)NCCC)cc2sc(C)cc21. The van der Waals surface area contributed by atoms with Crippen molar-refractivity contribution in [1.82, 2.24) is 9.88 Å². The average Bonchev–Trinajstić information content (AvgIpc) is 2.84. The van der Waals surface area contributed by atoms with Gasteiger partial charge in [0.25, 0.3) is 5.91 Å². The minimum Gasteiger partial charge on any atom is -0.351 e. The van der Waals surface area contributed by atoms with E-state index in [4.69, 9.17) is 0 Å². The fourth-order valence-corrected chi connectivity index (χ4v) is 3.08. The number of allylic oxidation sites excluding steroid dienone is 1. The van der Waals surface area contributed by atoms with E-state index in [0.29, 0.717) is 13.1 Å². The summed E-state index contributed by atoms with van der Waals surface area (Å²) in [5.41, 5.74) is 2.91. The van der Waals surface area contributed by atoms with Gasteiger partial charge in [0.2, 0.25) is 0 Å². The zero-order valence-corrected chi connectivity index (χ0v) is 12.6. The molecule has 102 valence electrons. The number of hydrogen-bond acceptors (Lipinski definition) is 2. The van der Waals surface area contributed by atoms with Crippen LogP contribution in [-0.4, -0.2) is 17.0 Å². The average molecular weight is 276 g/mol. The molecule has 2 aromatic heterocycles. The summed E-state index contributed by atoms with van der Waals surface area (Å²) in [4.78, 5) is 13.5. The first-order valence-electron chi connectivity index (χ1n) is 6.55. The van der Waals surface area contributed by atoms with Gasteiger partial charge < -0.3 is 9.88 Å². The first-order valence-corrected chi connectivity index (χ1v) is 7.36. The summed E-state index contributed by atoms with van der Waals surface area (Å²) in [7, 11) is 0. The van der Waals surface area contributed by atoms with Crippen molar-refractivity contribution in [1.29, 1.82) is 0 Å². The molecular weight excluding hydrogens is 256 g/mol. The lowest BCUT2D eigenvalue weighted by molar-refractivity contribution is 0.0945. The first kappa shape index (κ1) is 13.9. The highest BCUT2D eigenvalue weighted by Crippen LogP contribution is 2.29. The fraction of sp³-hybridized carbons (Fsp3) is 0.400. The number of aryl methyl sites for hydroxylation is 1. The number of nitrogens with one attached hydrogen (secondary N) is 1. The second-order valence-corrected chi connectivity index (χ2v) is 6.22. The van der Waals surface area contributed by atoms with E-state index in [9.17, 15) is 4.79 Å². The van der Waals surface area contributed by atoms with Crippen molar-refractivity contribution < 1.29 is 4.79 Å². The molecule has 0 bridgehead atoms. The van der Waals surface area contributed by atoms with Gasteiger partial charge in [0.15, 0.2) is 0 Å². The summed E-state index contributed by atoms with van der Waals surface area (Å²) in [6, 6.07) is 4.13. The Balaban J connectivity index is 2.43. The summed E-state index contributed by atoms with van der Waals surface area (Å²) in [6.45, 7) is 11.5. The van der Waals surface area contributed by atoms with E-state index in [2.05, 4.69) is 36.4 Å². The maximum atomic E-state index is 12.2. The third-order valence-corrected chi connectivity index (χ3v) is 3.90. The van der Waals surface area contributed by atoms with Crippen molar-refractivity contribution in [3.63, 3.8) is 0 Å². The van der Waals surface area contributed by atoms with E-state index in [1.54, 1.807) is 11.3 Å². The van der Waals surface area contributed by atoms with Crippen LogP contribution in [0, 0.1) is 6.92 Å². The third kappa shape index (κ3) is 2.89. The molecule has 2 rings (SSSR count). The molecule has 19 heavy (non-hydrogen) atoms. The van der Waals surface area contributed by atoms with Crippen molar-refractivity contribution >= 4 is 27.5 Å². The van der Waals surface area contributed by atoms with Crippen LogP contribution in [0.4, 0.5) is 0 Å². The molecule has 1 amide bonds. The summed E-state index contributed by atoms with van der Waals surface area (Å²) in [5, 5.41) is 2.94. The number of aromatic nitrogens is 1. The van der Waals surface area contributed by atoms with Gasteiger partial charge in [-0.25, -0.2) is 0 Å². The van der Waals surface area contributed by atoms with Crippen LogP contribution in [0.25, 0.3) is 10.2 Å². The summed E-state index contributed by atoms with van der Waals surface area (Å²) in [5.74, 6) is 0.00385. The number of rotatable bonds is 5. The molecule has 2 heterocycles. The number of carbonyl (C=O) groups excluding carboxylic acids is 1. The van der Waals surface area contributed by atoms with Gasteiger partial charge in [0, 0.05) is 18.0 Å². The fourth-order valence-electron chi connectivity index (χ4n) is 2.12. The number of thiophene rings is 1. The number of nitrogens with zero attached hydrogens (tertiary/aromatic N) is 1. The molecule has 0 unspecified atom stereocenters. The minimum atomic E-state index is 0.00385. The number of hydrogen-bond donors (Lipinski definition) is 1. The lowest BCUT2D eigenvalue weighted by Crippen LogP contribution is -2.26. The van der Waals surface area contributed by atoms with Gasteiger partial charge in [-0.05, 0) is 32.4 Å². The van der Waals surface area contributed by atoms with Gasteiger partial charge in [-0.2, -0.15) is 0 Å². The highest BCUT2D eigenvalue weighted by atomic mass is 32.1. The van der Waals surface area contributed by atoms with Gasteiger partial charge in [-0.3, -0.25) is 4.79 Å². The smallest absolute Gasteiger partial charge is 0.267 e. The van der Waals surface area contributed by atoms with Crippen LogP contribution in [0.5, 0.6) is 0 Å². The van der Waals surface area contributed by atoms with Crippen LogP contribution in [-0.2, 0) is 6.54 Å². The molecule has 4 heteroatoms. The molecule has 0 saturated heterocycles. The van der Waals surface area contributed by atoms with E-state index < -0.39 is 0 Å². The Hall–Kier alpha value is -1.55. The highest BCUT2D eigenvalue weighted by molar-refractivity contribution is 7.19. The predicted octanol–water partition coefficient (Wildman–Crippen LogP) is 3.73. The summed E-state index contributed by atoms with van der Waals surface area (Å²) in [6.07, 6.45) is 0.945. The Kier molecular flexibility index (Phi) is 4.10. The Morgan fingerprint density at radius 1 is 1.47 bits per heavy atom. The van der Waals surface area contributed by atoms with Gasteiger partial charge >= 0.3 is 0 Å². The van der Waals surface area contributed by atoms with Crippen molar-refractivity contribution in [3.05, 3.63) is 34.9 Å². The maximum Gasteiger partial charge on any atom is 0.267 e. The van der Waals surface area contributed by atoms with Crippen molar-refractivity contribution in [2.24, 2.45) is 0 Å². The van der Waals surface area contributed by atoms with Crippen molar-refractivity contribution in [3.8, 4) is 0 Å². The van der Waals surface area contributed by atoms with Gasteiger partial charge in [-0.15, -0.1) is 11.3 Å². The Labute approximate surface area is 117 Å². The lowest BCUT2D eigenvalue weighted by Gasteiger charge is -2.10. The van der Waals surface area contributed by atoms with Crippen molar-refractivity contribution in [2.45, 2.75) is 33.7 Å². The molecule has 1 N–H and O–H groups in total. The largest absolute Gasteiger partial charge is 0.351 e. The molecular formula is C15H20N2OS. The monoisotopic (exact) mass is 276 g/mol. The summed E-state index contributed by atoms with van der Waals surface area (Å²) < 4.78 is 3.23. The molecule has 0 aliphatic carbocycles. The van der Waals surface area contributed by atoms with Crippen LogP contribution >= 0.6 is 11.3 Å². The second-order valence-electron chi connectivity index (χ2n) is 4.94. The zero-order valence-electron chi connectivity index (χ0n) is 11.7. The predicted molar refractivity (Wildman–Crippen MR) is 82.0 cm³/mol. The molecule has 0 radical (unpaired) electrons. The van der Waals surface area contributed by atoms with E-state index in [1.165, 1.54) is 9.58 Å². The zero-order chi connectivity index (χ0) is 14.0. The molecule has 0 aliphatic rings. The van der Waals surface area contributed by atoms with Crippen LogP contribution in [0.3, 0.4) is 0 Å². The van der Waals surface area contributed by atoms with Crippen LogP contribution < -0.4 is 5.32 Å². The van der Waals surface area contributed by atoms with E-state index in [0.717, 1.165) is 23.2 Å². The van der Waals surface area contributed by atoms with E-state index in [1.807, 2.05) is 13.0 Å². The Bertz CT molecular complexity index is 621. The molecule has 0 saturated carbocycles. The first-order chi connectivity index (χ1) is 9.02. The second kappa shape index (κ2) is 5.61. The topological polar surface area (TPSA) is 34.0 Å². The number of fused-ring (bicyclic) bond motifs is 1. The number of carbonyl (C=O) groups is 1. The van der Waals surface area contributed by atoms with Crippen LogP contribution in [0.1, 0.15) is 35.6 Å². The number of amides is 1. The van der Waals surface area contributed by atoms with Gasteiger partial charge in [-0.1, -0.05) is 19.1 Å². The highest BCUT2D eigenvalue weighted by Gasteiger charge is 2.16. The maximum absolute atomic E-state index is 12.2. The molecule has 0 atom stereocenters.